The number of hydrogen-bond acceptors (Lipinski definition) is 6. The number of carbonyl (C=O) groups excluding carboxylic acids is 1. The molecule has 0 spiro atoms. The van der Waals surface area contributed by atoms with E-state index < -0.39 is 17.6 Å². The van der Waals surface area contributed by atoms with Crippen molar-refractivity contribution in [3.8, 4) is 11.3 Å². The van der Waals surface area contributed by atoms with Crippen LogP contribution in [0.3, 0.4) is 0 Å². The normalized spacial score (nSPS) is 9.88. The molecule has 26 heavy (non-hydrogen) atoms. The highest BCUT2D eigenvalue weighted by atomic mass is 19.2. The molecule has 0 aliphatic heterocycles. The molecule has 2 aromatic heterocycles. The van der Waals surface area contributed by atoms with E-state index in [1.54, 1.807) is 6.07 Å². The number of pyridine rings is 1. The molecule has 0 bridgehead atoms. The van der Waals surface area contributed by atoms with E-state index in [-0.39, 0.29) is 18.9 Å². The maximum absolute atomic E-state index is 13.3. The second-order valence-electron chi connectivity index (χ2n) is 4.71. The first-order chi connectivity index (χ1) is 12.6. The average molecular weight is 363 g/mol. The molecule has 8 heteroatoms. The number of ether oxygens (including phenoxy) is 1. The predicted molar refractivity (Wildman–Crippen MR) is 94.2 cm³/mol. The number of aromatic nitrogens is 2. The minimum Gasteiger partial charge on any atom is -0.464 e. The quantitative estimate of drug-likeness (QED) is 0.670. The summed E-state index contributed by atoms with van der Waals surface area (Å²) in [6.07, 6.45) is 2.79. The second-order valence-corrected chi connectivity index (χ2v) is 4.71. The number of halogens is 2. The van der Waals surface area contributed by atoms with Crippen LogP contribution in [0.5, 0.6) is 0 Å². The lowest BCUT2D eigenvalue weighted by Crippen LogP contribution is -2.04. The maximum atomic E-state index is 13.3. The van der Waals surface area contributed by atoms with Gasteiger partial charge in [0, 0.05) is 6.99 Å². The number of rotatable bonds is 4. The summed E-state index contributed by atoms with van der Waals surface area (Å²) in [7, 11) is 1.27. The summed E-state index contributed by atoms with van der Waals surface area (Å²) in [5.74, 6) is -2.18. The molecule has 1 N–H and O–H groups in total. The van der Waals surface area contributed by atoms with Crippen LogP contribution in [0.15, 0.2) is 47.1 Å². The zero-order chi connectivity index (χ0) is 19.1. The molecular formula is C18H19F2N3O3. The van der Waals surface area contributed by atoms with Crippen LogP contribution in [0.4, 0.5) is 20.5 Å². The zero-order valence-corrected chi connectivity index (χ0v) is 14.4. The highest BCUT2D eigenvalue weighted by Crippen LogP contribution is 2.25. The van der Waals surface area contributed by atoms with Gasteiger partial charge in [-0.3, -0.25) is 0 Å². The van der Waals surface area contributed by atoms with Gasteiger partial charge in [-0.15, -0.1) is 0 Å². The Hall–Kier alpha value is -3.29. The number of carbonyl (C=O) groups is 1. The van der Waals surface area contributed by atoms with Gasteiger partial charge in [-0.1, -0.05) is 13.8 Å². The van der Waals surface area contributed by atoms with Crippen LogP contribution in [-0.4, -0.2) is 23.0 Å². The molecule has 3 aromatic rings. The first kappa shape index (κ1) is 19.0. The van der Waals surface area contributed by atoms with Crippen molar-refractivity contribution in [3.05, 3.63) is 60.1 Å². The lowest BCUT2D eigenvalue weighted by atomic mass is 10.2. The van der Waals surface area contributed by atoms with Gasteiger partial charge in [0.05, 0.1) is 25.2 Å². The van der Waals surface area contributed by atoms with E-state index in [1.807, 2.05) is 13.8 Å². The average Bonchev–Trinajstić information content (AvgIpc) is 3.14. The Morgan fingerprint density at radius 2 is 1.88 bits per heavy atom. The number of oxazole rings is 1. The van der Waals surface area contributed by atoms with Crippen molar-refractivity contribution in [2.24, 2.45) is 0 Å². The van der Waals surface area contributed by atoms with Gasteiger partial charge in [0.15, 0.2) is 17.4 Å². The van der Waals surface area contributed by atoms with E-state index in [0.717, 1.165) is 12.1 Å². The molecule has 0 unspecified atom stereocenters. The first-order valence-electron chi connectivity index (χ1n) is 7.79. The van der Waals surface area contributed by atoms with E-state index in [1.165, 1.54) is 31.6 Å². The molecular weight excluding hydrogens is 344 g/mol. The number of nitrogens with zero attached hydrogens (tertiary/aromatic N) is 2. The summed E-state index contributed by atoms with van der Waals surface area (Å²) in [4.78, 5) is 19.2. The van der Waals surface area contributed by atoms with Crippen molar-refractivity contribution in [2.75, 3.05) is 12.4 Å². The first-order valence-corrected chi connectivity index (χ1v) is 7.79. The molecule has 2 heterocycles. The Morgan fingerprint density at radius 3 is 2.50 bits per heavy atom. The highest BCUT2D eigenvalue weighted by Gasteiger charge is 2.11. The van der Waals surface area contributed by atoms with Crippen LogP contribution in [0, 0.1) is 11.6 Å². The summed E-state index contributed by atoms with van der Waals surface area (Å²) in [5, 5.41) is 2.84. The number of nitrogens with one attached hydrogen (secondary N) is 1. The van der Waals surface area contributed by atoms with Gasteiger partial charge in [-0.05, 0) is 30.3 Å². The Bertz CT molecular complexity index is 886. The maximum Gasteiger partial charge on any atom is 0.356 e. The van der Waals surface area contributed by atoms with Crippen LogP contribution >= 0.6 is 0 Å². The van der Waals surface area contributed by atoms with E-state index >= 15 is 0 Å². The molecule has 1 aromatic carbocycles. The molecule has 0 aliphatic carbocycles. The molecule has 3 rings (SSSR count). The van der Waals surface area contributed by atoms with Crippen molar-refractivity contribution < 1.29 is 24.2 Å². The fraction of sp³-hybridized carbons (Fsp3) is 0.167. The van der Waals surface area contributed by atoms with Crippen LogP contribution in [0.1, 0.15) is 25.8 Å². The van der Waals surface area contributed by atoms with Crippen molar-refractivity contribution in [1.82, 2.24) is 9.97 Å². The molecule has 138 valence electrons. The van der Waals surface area contributed by atoms with Crippen molar-refractivity contribution in [1.29, 1.82) is 0 Å². The van der Waals surface area contributed by atoms with Crippen LogP contribution in [0.25, 0.3) is 11.3 Å². The summed E-state index contributed by atoms with van der Waals surface area (Å²) in [5.41, 5.74) is 1.05. The van der Waals surface area contributed by atoms with Gasteiger partial charge in [0.1, 0.15) is 5.69 Å². The molecule has 0 amide bonds. The summed E-state index contributed by atoms with van der Waals surface area (Å²) >= 11 is 0. The summed E-state index contributed by atoms with van der Waals surface area (Å²) in [6.45, 7) is 4.00. The summed E-state index contributed by atoms with van der Waals surface area (Å²) < 4.78 is 36.2. The van der Waals surface area contributed by atoms with Gasteiger partial charge in [-0.2, -0.15) is 0 Å². The monoisotopic (exact) mass is 363 g/mol. The molecule has 0 aliphatic rings. The lowest BCUT2D eigenvalue weighted by Gasteiger charge is -2.02. The molecule has 6 nitrogen and oxygen atoms in total. The number of hydrogen-bond donors (Lipinski definition) is 1. The Balaban J connectivity index is 0.00000118. The molecule has 0 saturated heterocycles. The Morgan fingerprint density at radius 1 is 1.12 bits per heavy atom. The van der Waals surface area contributed by atoms with Crippen molar-refractivity contribution in [3.63, 3.8) is 0 Å². The number of methoxy groups -OCH3 is 1. The Labute approximate surface area is 150 Å². The van der Waals surface area contributed by atoms with Crippen molar-refractivity contribution >= 4 is 17.7 Å². The fourth-order valence-corrected chi connectivity index (χ4v) is 1.93. The minimum absolute atomic E-state index is 0. The second kappa shape index (κ2) is 8.70. The number of benzene rings is 1. The van der Waals surface area contributed by atoms with E-state index in [9.17, 15) is 13.6 Å². The Kier molecular flexibility index (Phi) is 6.37. The van der Waals surface area contributed by atoms with Gasteiger partial charge < -0.3 is 14.5 Å². The van der Waals surface area contributed by atoms with Crippen LogP contribution < -0.4 is 5.32 Å². The molecule has 0 saturated carbocycles. The minimum atomic E-state index is -0.971. The third-order valence-corrected chi connectivity index (χ3v) is 3.12. The van der Waals surface area contributed by atoms with Crippen molar-refractivity contribution in [2.45, 2.75) is 13.8 Å². The molecule has 0 radical (unpaired) electrons. The van der Waals surface area contributed by atoms with E-state index in [0.29, 0.717) is 11.3 Å². The van der Waals surface area contributed by atoms with Gasteiger partial charge in [-0.25, -0.2) is 23.5 Å². The summed E-state index contributed by atoms with van der Waals surface area (Å²) in [6, 6.07) is 6.63. The topological polar surface area (TPSA) is 77.2 Å². The predicted octanol–water partition coefficient (Wildman–Crippen LogP) is 4.82. The third kappa shape index (κ3) is 4.41. The molecule has 0 fully saturated rings. The van der Waals surface area contributed by atoms with E-state index in [4.69, 9.17) is 4.42 Å². The SMILES string of the molecule is CC.COC(=O)c1ccc(Nc2ncc(-c3ccc(F)c(F)c3)o2)cn1.[HH]. The number of esters is 1. The zero-order valence-electron chi connectivity index (χ0n) is 14.4. The largest absolute Gasteiger partial charge is 0.464 e. The highest BCUT2D eigenvalue weighted by molar-refractivity contribution is 5.87. The lowest BCUT2D eigenvalue weighted by molar-refractivity contribution is 0.0594. The fourth-order valence-electron chi connectivity index (χ4n) is 1.93. The van der Waals surface area contributed by atoms with Crippen LogP contribution in [0.2, 0.25) is 0 Å². The van der Waals surface area contributed by atoms with Crippen LogP contribution in [-0.2, 0) is 4.74 Å². The molecule has 0 atom stereocenters. The van der Waals surface area contributed by atoms with E-state index in [2.05, 4.69) is 20.0 Å². The number of anilines is 2. The van der Waals surface area contributed by atoms with Gasteiger partial charge in [0.25, 0.3) is 6.01 Å². The standard InChI is InChI=1S/C16H11F2N3O3.C2H6.H2/c1-23-15(22)13-5-3-10(7-19-13)21-16-20-8-14(24-16)9-2-4-11(17)12(18)6-9;1-2;/h2-8H,1H3,(H,20,21);1-2H3;1H. The third-order valence-electron chi connectivity index (χ3n) is 3.12. The van der Waals surface area contributed by atoms with Gasteiger partial charge in [0.2, 0.25) is 0 Å². The smallest absolute Gasteiger partial charge is 0.356 e. The van der Waals surface area contributed by atoms with Gasteiger partial charge >= 0.3 is 5.97 Å².